The number of ketones is 1. The second-order valence-electron chi connectivity index (χ2n) is 7.36. The molecule has 0 aliphatic carbocycles. The molecule has 1 aliphatic rings. The number of amides is 2. The smallest absolute Gasteiger partial charge is 0.410 e. The number of hydrogen-bond donors (Lipinski definition) is 0. The topological polar surface area (TPSA) is 88.9 Å². The number of aryl methyl sites for hydroxylation is 1. The van der Waals surface area contributed by atoms with Gasteiger partial charge in [-0.3, -0.25) is 14.4 Å². The van der Waals surface area contributed by atoms with Gasteiger partial charge < -0.3 is 19.1 Å². The van der Waals surface area contributed by atoms with Gasteiger partial charge in [-0.25, -0.2) is 4.79 Å². The highest BCUT2D eigenvalue weighted by Gasteiger charge is 2.27. The maximum absolute atomic E-state index is 12.3. The number of pyridine rings is 1. The van der Waals surface area contributed by atoms with Crippen LogP contribution >= 0.6 is 0 Å². The molecule has 0 saturated carbocycles. The first-order valence-electron chi connectivity index (χ1n) is 8.73. The highest BCUT2D eigenvalue weighted by atomic mass is 16.6. The van der Waals surface area contributed by atoms with Crippen molar-refractivity contribution in [2.45, 2.75) is 26.4 Å². The first kappa shape index (κ1) is 20.4. The van der Waals surface area contributed by atoms with Gasteiger partial charge in [0.1, 0.15) is 5.60 Å². The van der Waals surface area contributed by atoms with Gasteiger partial charge in [0, 0.05) is 57.1 Å². The van der Waals surface area contributed by atoms with E-state index in [0.29, 0.717) is 31.7 Å². The predicted octanol–water partition coefficient (Wildman–Crippen LogP) is 1.20. The van der Waals surface area contributed by atoms with Gasteiger partial charge >= 0.3 is 6.09 Å². The van der Waals surface area contributed by atoms with Crippen LogP contribution in [0.3, 0.4) is 0 Å². The molecule has 0 radical (unpaired) electrons. The second kappa shape index (κ2) is 8.20. The van der Waals surface area contributed by atoms with Crippen LogP contribution in [0, 0.1) is 0 Å². The van der Waals surface area contributed by atoms with Crippen molar-refractivity contribution >= 4 is 17.8 Å². The minimum absolute atomic E-state index is 0.213. The Morgan fingerprint density at radius 3 is 2.15 bits per heavy atom. The summed E-state index contributed by atoms with van der Waals surface area (Å²) in [5, 5.41) is 0. The van der Waals surface area contributed by atoms with Gasteiger partial charge in [0.25, 0.3) is 0 Å². The van der Waals surface area contributed by atoms with Crippen molar-refractivity contribution in [2.75, 3.05) is 26.2 Å². The molecule has 27 heavy (non-hydrogen) atoms. The summed E-state index contributed by atoms with van der Waals surface area (Å²) in [6, 6.07) is 2.73. The van der Waals surface area contributed by atoms with E-state index in [-0.39, 0.29) is 17.2 Å². The third-order valence-electron chi connectivity index (χ3n) is 3.99. The van der Waals surface area contributed by atoms with E-state index in [9.17, 15) is 19.2 Å². The number of hydrogen-bond acceptors (Lipinski definition) is 5. The maximum atomic E-state index is 12.3. The summed E-state index contributed by atoms with van der Waals surface area (Å²) in [7, 11) is 1.55. The van der Waals surface area contributed by atoms with E-state index < -0.39 is 11.7 Å². The van der Waals surface area contributed by atoms with Gasteiger partial charge in [-0.15, -0.1) is 0 Å². The average molecular weight is 375 g/mol. The molecule has 1 saturated heterocycles. The third-order valence-corrected chi connectivity index (χ3v) is 3.99. The molecule has 0 N–H and O–H groups in total. The number of carbonyl (C=O) groups is 3. The Bertz CT molecular complexity index is 811. The van der Waals surface area contributed by atoms with E-state index in [2.05, 4.69) is 0 Å². The quantitative estimate of drug-likeness (QED) is 0.585. The van der Waals surface area contributed by atoms with Gasteiger partial charge in [0.2, 0.25) is 11.5 Å². The number of ether oxygens (including phenoxy) is 1. The Labute approximate surface area is 158 Å². The molecule has 0 spiro atoms. The van der Waals surface area contributed by atoms with Crippen LogP contribution in [0.5, 0.6) is 0 Å². The van der Waals surface area contributed by atoms with E-state index in [4.69, 9.17) is 4.74 Å². The Balaban J connectivity index is 1.89. The van der Waals surface area contributed by atoms with Gasteiger partial charge in [-0.05, 0) is 32.9 Å². The van der Waals surface area contributed by atoms with Crippen molar-refractivity contribution in [1.82, 2.24) is 14.4 Å². The normalized spacial score (nSPS) is 15.1. The fourth-order valence-electron chi connectivity index (χ4n) is 2.52. The summed E-state index contributed by atoms with van der Waals surface area (Å²) < 4.78 is 6.62. The molecule has 8 nitrogen and oxygen atoms in total. The van der Waals surface area contributed by atoms with Crippen molar-refractivity contribution < 1.29 is 19.1 Å². The lowest BCUT2D eigenvalue weighted by atomic mass is 10.1. The zero-order valence-corrected chi connectivity index (χ0v) is 16.1. The van der Waals surface area contributed by atoms with Gasteiger partial charge in [0.05, 0.1) is 0 Å². The molecule has 146 valence electrons. The first-order chi connectivity index (χ1) is 12.6. The summed E-state index contributed by atoms with van der Waals surface area (Å²) in [5.41, 5.74) is -0.445. The maximum Gasteiger partial charge on any atom is 0.410 e. The largest absolute Gasteiger partial charge is 0.444 e. The van der Waals surface area contributed by atoms with Crippen LogP contribution in [-0.2, 0) is 16.6 Å². The van der Waals surface area contributed by atoms with Crippen LogP contribution in [0.2, 0.25) is 0 Å². The molecule has 2 rings (SSSR count). The Hall–Kier alpha value is -2.90. The highest BCUT2D eigenvalue weighted by molar-refractivity contribution is 6.07. The number of rotatable bonds is 3. The predicted molar refractivity (Wildman–Crippen MR) is 99.5 cm³/mol. The molecular formula is C19H25N3O5. The molecule has 1 aromatic heterocycles. The van der Waals surface area contributed by atoms with E-state index in [1.807, 2.05) is 0 Å². The van der Waals surface area contributed by atoms with Crippen molar-refractivity contribution in [2.24, 2.45) is 7.05 Å². The molecule has 0 atom stereocenters. The molecule has 1 fully saturated rings. The minimum Gasteiger partial charge on any atom is -0.444 e. The zero-order valence-electron chi connectivity index (χ0n) is 16.1. The van der Waals surface area contributed by atoms with Crippen LogP contribution in [-0.4, -0.2) is 63.9 Å². The molecule has 0 aromatic carbocycles. The SMILES string of the molecule is Cn1cc(C(=O)/C=C/C(=O)N2CCN(C(=O)OC(C)(C)C)CC2)ccc1=O. The van der Waals surface area contributed by atoms with E-state index in [0.717, 1.165) is 0 Å². The standard InChI is InChI=1S/C19H25N3O5/c1-19(2,3)27-18(26)22-11-9-21(10-12-22)17(25)8-6-15(23)14-5-7-16(24)20(4)13-14/h5-8,13H,9-12H2,1-4H3/b8-6+. The van der Waals surface area contributed by atoms with Gasteiger partial charge in [-0.1, -0.05) is 0 Å². The Kier molecular flexibility index (Phi) is 6.20. The number of allylic oxidation sites excluding steroid dienone is 1. The second-order valence-corrected chi connectivity index (χ2v) is 7.36. The number of carbonyl (C=O) groups excluding carboxylic acids is 3. The van der Waals surface area contributed by atoms with Crippen molar-refractivity contribution in [3.05, 3.63) is 46.4 Å². The van der Waals surface area contributed by atoms with Crippen molar-refractivity contribution in [3.8, 4) is 0 Å². The van der Waals surface area contributed by atoms with E-state index in [1.165, 1.54) is 35.0 Å². The summed E-state index contributed by atoms with van der Waals surface area (Å²) in [6.45, 7) is 6.91. The van der Waals surface area contributed by atoms with Gasteiger partial charge in [-0.2, -0.15) is 0 Å². The van der Waals surface area contributed by atoms with E-state index in [1.54, 1.807) is 37.6 Å². The lowest BCUT2D eigenvalue weighted by molar-refractivity contribution is -0.127. The fraction of sp³-hybridized carbons (Fsp3) is 0.474. The lowest BCUT2D eigenvalue weighted by Crippen LogP contribution is -2.51. The fourth-order valence-corrected chi connectivity index (χ4v) is 2.52. The summed E-state index contributed by atoms with van der Waals surface area (Å²) >= 11 is 0. The summed E-state index contributed by atoms with van der Waals surface area (Å²) in [5.74, 6) is -0.650. The number of aromatic nitrogens is 1. The van der Waals surface area contributed by atoms with E-state index >= 15 is 0 Å². The highest BCUT2D eigenvalue weighted by Crippen LogP contribution is 2.12. The van der Waals surface area contributed by atoms with Crippen molar-refractivity contribution in [1.29, 1.82) is 0 Å². The Morgan fingerprint density at radius 1 is 1.00 bits per heavy atom. The molecule has 8 heteroatoms. The molecule has 2 heterocycles. The van der Waals surface area contributed by atoms with Crippen LogP contribution in [0.1, 0.15) is 31.1 Å². The lowest BCUT2D eigenvalue weighted by Gasteiger charge is -2.35. The van der Waals surface area contributed by atoms with Crippen LogP contribution in [0.15, 0.2) is 35.3 Å². The molecule has 2 amide bonds. The van der Waals surface area contributed by atoms with Crippen LogP contribution in [0.25, 0.3) is 0 Å². The molecule has 1 aromatic rings. The molecule has 1 aliphatic heterocycles. The molecule has 0 unspecified atom stereocenters. The summed E-state index contributed by atoms with van der Waals surface area (Å²) in [6.07, 6.45) is 3.45. The average Bonchev–Trinajstić information content (AvgIpc) is 2.60. The first-order valence-corrected chi connectivity index (χ1v) is 8.73. The zero-order chi connectivity index (χ0) is 20.2. The van der Waals surface area contributed by atoms with Crippen molar-refractivity contribution in [3.63, 3.8) is 0 Å². The number of nitrogens with zero attached hydrogens (tertiary/aromatic N) is 3. The third kappa shape index (κ3) is 5.80. The Morgan fingerprint density at radius 2 is 1.59 bits per heavy atom. The molecule has 0 bridgehead atoms. The van der Waals surface area contributed by atoms with Crippen LogP contribution < -0.4 is 5.56 Å². The van der Waals surface area contributed by atoms with Crippen LogP contribution in [0.4, 0.5) is 4.79 Å². The summed E-state index contributed by atoms with van der Waals surface area (Å²) in [4.78, 5) is 50.9. The number of piperazine rings is 1. The monoisotopic (exact) mass is 375 g/mol. The minimum atomic E-state index is -0.561. The molecular weight excluding hydrogens is 350 g/mol. The van der Waals surface area contributed by atoms with Gasteiger partial charge in [0.15, 0.2) is 5.78 Å².